The van der Waals surface area contributed by atoms with Crippen LogP contribution < -0.4 is 5.32 Å². The van der Waals surface area contributed by atoms with Gasteiger partial charge in [-0.05, 0) is 24.6 Å². The van der Waals surface area contributed by atoms with E-state index < -0.39 is 11.9 Å². The summed E-state index contributed by atoms with van der Waals surface area (Å²) in [5.74, 6) is -0.465. The average Bonchev–Trinajstić information content (AvgIpc) is 2.82. The molecule has 1 heterocycles. The van der Waals surface area contributed by atoms with Crippen LogP contribution in [0.5, 0.6) is 0 Å². The fraction of sp³-hybridized carbons (Fsp3) is 0.462. The van der Waals surface area contributed by atoms with Crippen molar-refractivity contribution < 1.29 is 14.3 Å². The number of nitrogens with zero attached hydrogens (tertiary/aromatic N) is 1. The molecule has 1 fully saturated rings. The summed E-state index contributed by atoms with van der Waals surface area (Å²) in [7, 11) is 0. The van der Waals surface area contributed by atoms with Gasteiger partial charge in [-0.15, -0.1) is 0 Å². The van der Waals surface area contributed by atoms with Crippen LogP contribution in [0.1, 0.15) is 18.4 Å². The minimum Gasteiger partial charge on any atom is -0.465 e. The predicted octanol–water partition coefficient (Wildman–Crippen LogP) is 2.53. The molecule has 0 radical (unpaired) electrons. The van der Waals surface area contributed by atoms with Crippen molar-refractivity contribution in [2.24, 2.45) is 0 Å². The second-order valence-corrected chi connectivity index (χ2v) is 4.98. The van der Waals surface area contributed by atoms with Crippen molar-refractivity contribution in [3.63, 3.8) is 0 Å². The van der Waals surface area contributed by atoms with Crippen LogP contribution in [0.25, 0.3) is 0 Å². The Hall–Kier alpha value is -1.33. The second kappa shape index (κ2) is 5.75. The number of carbonyl (C=O) groups is 1. The van der Waals surface area contributed by atoms with Gasteiger partial charge in [0.05, 0.1) is 11.1 Å². The highest BCUT2D eigenvalue weighted by Gasteiger charge is 2.35. The molecule has 2 rings (SSSR count). The van der Waals surface area contributed by atoms with E-state index in [1.54, 1.807) is 19.1 Å². The van der Waals surface area contributed by atoms with Crippen LogP contribution in [-0.4, -0.2) is 41.8 Å². The van der Waals surface area contributed by atoms with Gasteiger partial charge in [0.1, 0.15) is 5.82 Å². The van der Waals surface area contributed by atoms with Crippen LogP contribution in [0.4, 0.5) is 9.18 Å². The maximum atomic E-state index is 13.2. The van der Waals surface area contributed by atoms with Crippen LogP contribution in [0.3, 0.4) is 0 Å². The Balaban J connectivity index is 2.27. The highest BCUT2D eigenvalue weighted by molar-refractivity contribution is 6.30. The molecular weight excluding hydrogens is 271 g/mol. The maximum Gasteiger partial charge on any atom is 0.407 e. The largest absolute Gasteiger partial charge is 0.465 e. The van der Waals surface area contributed by atoms with Crippen molar-refractivity contribution in [1.29, 1.82) is 0 Å². The normalized spacial score (nSPS) is 22.5. The molecule has 1 aromatic carbocycles. The molecule has 1 aromatic rings. The quantitative estimate of drug-likeness (QED) is 0.898. The molecule has 0 aromatic heterocycles. The van der Waals surface area contributed by atoms with Gasteiger partial charge in [0.15, 0.2) is 0 Å². The van der Waals surface area contributed by atoms with E-state index in [2.05, 4.69) is 5.32 Å². The van der Waals surface area contributed by atoms with Gasteiger partial charge in [-0.25, -0.2) is 9.18 Å². The zero-order valence-corrected chi connectivity index (χ0v) is 11.3. The lowest BCUT2D eigenvalue weighted by molar-refractivity contribution is 0.127. The smallest absolute Gasteiger partial charge is 0.407 e. The molecule has 104 valence electrons. The number of benzene rings is 1. The predicted molar refractivity (Wildman–Crippen MR) is 71.2 cm³/mol. The number of carboxylic acid groups (broad SMARTS) is 1. The van der Waals surface area contributed by atoms with Gasteiger partial charge in [-0.3, -0.25) is 0 Å². The first-order valence-corrected chi connectivity index (χ1v) is 6.57. The Labute approximate surface area is 116 Å². The molecule has 1 amide bonds. The lowest BCUT2D eigenvalue weighted by Crippen LogP contribution is -2.43. The maximum absolute atomic E-state index is 13.2. The molecule has 1 aliphatic heterocycles. The summed E-state index contributed by atoms with van der Waals surface area (Å²) in [6.07, 6.45) is -0.936. The third kappa shape index (κ3) is 2.82. The molecule has 0 unspecified atom stereocenters. The summed E-state index contributed by atoms with van der Waals surface area (Å²) >= 11 is 5.79. The molecule has 0 aliphatic carbocycles. The number of rotatable bonds is 3. The number of likely N-dealkylation sites (N-methyl/N-ethyl adjacent to an activating group) is 1. The highest BCUT2D eigenvalue weighted by Crippen LogP contribution is 2.29. The van der Waals surface area contributed by atoms with Crippen molar-refractivity contribution in [1.82, 2.24) is 10.2 Å². The Kier molecular flexibility index (Phi) is 4.27. The number of amides is 1. The van der Waals surface area contributed by atoms with Crippen molar-refractivity contribution in [3.8, 4) is 0 Å². The first-order chi connectivity index (χ1) is 9.04. The van der Waals surface area contributed by atoms with Crippen LogP contribution >= 0.6 is 11.6 Å². The van der Waals surface area contributed by atoms with Gasteiger partial charge in [-0.2, -0.15) is 0 Å². The topological polar surface area (TPSA) is 52.6 Å². The number of hydrogen-bond donors (Lipinski definition) is 2. The summed E-state index contributed by atoms with van der Waals surface area (Å²) in [4.78, 5) is 12.6. The first-order valence-electron chi connectivity index (χ1n) is 6.19. The molecule has 4 nitrogen and oxygen atoms in total. The number of hydrogen-bond acceptors (Lipinski definition) is 2. The third-order valence-electron chi connectivity index (χ3n) is 3.54. The summed E-state index contributed by atoms with van der Waals surface area (Å²) in [5, 5.41) is 12.5. The fourth-order valence-corrected chi connectivity index (χ4v) is 2.78. The van der Waals surface area contributed by atoms with E-state index in [1.807, 2.05) is 0 Å². The summed E-state index contributed by atoms with van der Waals surface area (Å²) in [5.41, 5.74) is 0.862. The lowest BCUT2D eigenvalue weighted by Gasteiger charge is -2.29. The Morgan fingerprint density at radius 2 is 2.32 bits per heavy atom. The molecule has 2 N–H and O–H groups in total. The van der Waals surface area contributed by atoms with E-state index in [0.717, 1.165) is 5.56 Å². The minimum atomic E-state index is -0.936. The van der Waals surface area contributed by atoms with E-state index in [1.165, 1.54) is 11.0 Å². The molecule has 0 spiro atoms. The number of halogens is 2. The first kappa shape index (κ1) is 14.1. The SMILES string of the molecule is CCN(C(=O)O)[C@@H]1CNC[C@H]1c1ccc(F)c(Cl)c1. The Morgan fingerprint density at radius 3 is 2.89 bits per heavy atom. The van der Waals surface area contributed by atoms with Crippen LogP contribution in [0.2, 0.25) is 5.02 Å². The molecule has 1 aliphatic rings. The average molecular weight is 287 g/mol. The fourth-order valence-electron chi connectivity index (χ4n) is 2.59. The molecule has 0 saturated carbocycles. The minimum absolute atomic E-state index is 0.00542. The van der Waals surface area contributed by atoms with Crippen LogP contribution in [-0.2, 0) is 0 Å². The Bertz CT molecular complexity index is 484. The van der Waals surface area contributed by atoms with Gasteiger partial charge < -0.3 is 15.3 Å². The standard InChI is InChI=1S/C13H16ClFN2O2/c1-2-17(13(18)19)12-7-16-6-9(12)8-3-4-11(15)10(14)5-8/h3-5,9,12,16H,2,6-7H2,1H3,(H,18,19)/t9-,12+/m0/s1. The van der Waals surface area contributed by atoms with Gasteiger partial charge in [0.25, 0.3) is 0 Å². The van der Waals surface area contributed by atoms with E-state index >= 15 is 0 Å². The van der Waals surface area contributed by atoms with E-state index in [4.69, 9.17) is 11.6 Å². The van der Waals surface area contributed by atoms with E-state index in [0.29, 0.717) is 19.6 Å². The summed E-state index contributed by atoms with van der Waals surface area (Å²) < 4.78 is 13.2. The molecular formula is C13H16ClFN2O2. The van der Waals surface area contributed by atoms with Crippen LogP contribution in [0, 0.1) is 5.82 Å². The van der Waals surface area contributed by atoms with Crippen molar-refractivity contribution >= 4 is 17.7 Å². The monoisotopic (exact) mass is 286 g/mol. The van der Waals surface area contributed by atoms with Crippen molar-refractivity contribution in [2.75, 3.05) is 19.6 Å². The van der Waals surface area contributed by atoms with Gasteiger partial charge >= 0.3 is 6.09 Å². The molecule has 19 heavy (non-hydrogen) atoms. The van der Waals surface area contributed by atoms with Crippen LogP contribution in [0.15, 0.2) is 18.2 Å². The Morgan fingerprint density at radius 1 is 1.58 bits per heavy atom. The second-order valence-electron chi connectivity index (χ2n) is 4.57. The van der Waals surface area contributed by atoms with E-state index in [-0.39, 0.29) is 17.0 Å². The number of nitrogens with one attached hydrogen (secondary N) is 1. The molecule has 6 heteroatoms. The van der Waals surface area contributed by atoms with Crippen molar-refractivity contribution in [3.05, 3.63) is 34.6 Å². The summed E-state index contributed by atoms with van der Waals surface area (Å²) in [6, 6.07) is 4.42. The van der Waals surface area contributed by atoms with Gasteiger partial charge in [0.2, 0.25) is 0 Å². The molecule has 0 bridgehead atoms. The lowest BCUT2D eigenvalue weighted by atomic mass is 9.93. The third-order valence-corrected chi connectivity index (χ3v) is 3.83. The van der Waals surface area contributed by atoms with Crippen molar-refractivity contribution in [2.45, 2.75) is 18.9 Å². The zero-order valence-electron chi connectivity index (χ0n) is 10.6. The highest BCUT2D eigenvalue weighted by atomic mass is 35.5. The van der Waals surface area contributed by atoms with E-state index in [9.17, 15) is 14.3 Å². The molecule has 2 atom stereocenters. The zero-order chi connectivity index (χ0) is 14.0. The summed E-state index contributed by atoms with van der Waals surface area (Å²) in [6.45, 7) is 3.49. The van der Waals surface area contributed by atoms with Gasteiger partial charge in [0, 0.05) is 25.6 Å². The van der Waals surface area contributed by atoms with Gasteiger partial charge in [-0.1, -0.05) is 17.7 Å². The molecule has 1 saturated heterocycles.